The number of benzene rings is 2. The van der Waals surface area contributed by atoms with E-state index in [2.05, 4.69) is 26.0 Å². The second-order valence-corrected chi connectivity index (χ2v) is 11.5. The zero-order valence-corrected chi connectivity index (χ0v) is 22.7. The van der Waals surface area contributed by atoms with E-state index in [1.165, 1.54) is 27.0 Å². The third kappa shape index (κ3) is 6.80. The van der Waals surface area contributed by atoms with E-state index in [0.717, 1.165) is 49.5 Å². The third-order valence-corrected chi connectivity index (χ3v) is 8.47. The summed E-state index contributed by atoms with van der Waals surface area (Å²) in [7, 11) is 0. The van der Waals surface area contributed by atoms with Crippen molar-refractivity contribution in [1.82, 2.24) is 24.6 Å². The van der Waals surface area contributed by atoms with Crippen molar-refractivity contribution in [3.63, 3.8) is 0 Å². The van der Waals surface area contributed by atoms with Gasteiger partial charge in [-0.2, -0.15) is 5.26 Å². The van der Waals surface area contributed by atoms with E-state index in [1.54, 1.807) is 18.2 Å². The summed E-state index contributed by atoms with van der Waals surface area (Å²) in [6.45, 7) is 5.22. The molecule has 4 aromatic rings. The maximum absolute atomic E-state index is 12.5. The molecule has 0 atom stereocenters. The van der Waals surface area contributed by atoms with Gasteiger partial charge in [0.2, 0.25) is 0 Å². The zero-order chi connectivity index (χ0) is 26.2. The molecule has 2 aromatic carbocycles. The van der Waals surface area contributed by atoms with Crippen molar-refractivity contribution in [3.05, 3.63) is 94.5 Å². The molecule has 1 aliphatic heterocycles. The van der Waals surface area contributed by atoms with Gasteiger partial charge in [-0.3, -0.25) is 0 Å². The van der Waals surface area contributed by atoms with Crippen molar-refractivity contribution >= 4 is 19.4 Å². The fourth-order valence-electron chi connectivity index (χ4n) is 4.29. The van der Waals surface area contributed by atoms with E-state index in [1.807, 2.05) is 48.8 Å². The average molecular weight is 572 g/mol. The van der Waals surface area contributed by atoms with E-state index in [0.29, 0.717) is 38.6 Å². The van der Waals surface area contributed by atoms with Crippen LogP contribution in [0.15, 0.2) is 77.9 Å². The number of hydrogen-bond acceptors (Lipinski definition) is 7. The van der Waals surface area contributed by atoms with Crippen LogP contribution in [0.4, 0.5) is 0 Å². The van der Waals surface area contributed by atoms with E-state index in [-0.39, 0.29) is 5.56 Å². The molecule has 0 radical (unpaired) electrons. The molecule has 38 heavy (non-hydrogen) atoms. The Labute approximate surface area is 228 Å². The maximum atomic E-state index is 12.5. The smallest absolute Gasteiger partial charge is 0.0349 e. The molecule has 0 aliphatic carbocycles. The molecule has 2 aromatic heterocycles. The third-order valence-electron chi connectivity index (χ3n) is 6.29. The number of hydrogen-bond donors (Lipinski definition) is 0. The van der Waals surface area contributed by atoms with Gasteiger partial charge in [-0.25, -0.2) is 0 Å². The van der Waals surface area contributed by atoms with Crippen molar-refractivity contribution < 1.29 is 4.74 Å². The van der Waals surface area contributed by atoms with Gasteiger partial charge in [-0.15, -0.1) is 0 Å². The van der Waals surface area contributed by atoms with Crippen molar-refractivity contribution in [1.29, 1.82) is 5.26 Å². The summed E-state index contributed by atoms with van der Waals surface area (Å²) in [6, 6.07) is 20.4. The first-order chi connectivity index (χ1) is 18.7. The van der Waals surface area contributed by atoms with Crippen LogP contribution in [0.2, 0.25) is 5.32 Å². The summed E-state index contributed by atoms with van der Waals surface area (Å²) in [5, 5.41) is 14.9. The first-order valence-electron chi connectivity index (χ1n) is 12.6. The molecule has 0 bridgehead atoms. The van der Waals surface area contributed by atoms with Crippen molar-refractivity contribution in [2.75, 3.05) is 32.8 Å². The van der Waals surface area contributed by atoms with Crippen LogP contribution in [-0.4, -0.2) is 72.5 Å². The van der Waals surface area contributed by atoms with Crippen LogP contribution in [0.1, 0.15) is 17.5 Å². The molecule has 3 heterocycles. The van der Waals surface area contributed by atoms with Crippen molar-refractivity contribution in [2.45, 2.75) is 18.3 Å². The number of nitrogens with zero attached hydrogens (tertiary/aromatic N) is 6. The number of aromatic nitrogens is 4. The van der Waals surface area contributed by atoms with Crippen LogP contribution in [0.5, 0.6) is 0 Å². The second-order valence-electron chi connectivity index (χ2n) is 9.01. The molecule has 9 heteroatoms. The SMILES string of the molecule is N#Cc1cccc(-c2ccc(=O)n(Cc3cccc(-c4ncc([Se]CCCN5CCOCC5)cn4)c3)n2)c1. The summed E-state index contributed by atoms with van der Waals surface area (Å²) in [5.41, 5.74) is 3.63. The first-order valence-corrected chi connectivity index (χ1v) is 14.7. The zero-order valence-electron chi connectivity index (χ0n) is 21.0. The van der Waals surface area contributed by atoms with Gasteiger partial charge in [0.1, 0.15) is 0 Å². The topological polar surface area (TPSA) is 96.9 Å². The van der Waals surface area contributed by atoms with Crippen LogP contribution in [0, 0.1) is 11.3 Å². The van der Waals surface area contributed by atoms with Crippen LogP contribution < -0.4 is 10.0 Å². The Hall–Kier alpha value is -3.67. The molecule has 5 rings (SSSR count). The van der Waals surface area contributed by atoms with Crippen LogP contribution in [0.25, 0.3) is 22.6 Å². The molecule has 0 unspecified atom stereocenters. The summed E-state index contributed by atoms with van der Waals surface area (Å²) in [6.07, 6.45) is 5.06. The molecule has 1 fully saturated rings. The van der Waals surface area contributed by atoms with Gasteiger partial charge in [0.25, 0.3) is 0 Å². The molecular formula is C29H28N6O2Se. The monoisotopic (exact) mass is 572 g/mol. The van der Waals surface area contributed by atoms with E-state index >= 15 is 0 Å². The van der Waals surface area contributed by atoms with E-state index in [4.69, 9.17) is 4.74 Å². The maximum Gasteiger partial charge on any atom is -0.0349 e. The normalized spacial score (nSPS) is 13.8. The Balaban J connectivity index is 1.23. The second kappa shape index (κ2) is 12.7. The summed E-state index contributed by atoms with van der Waals surface area (Å²) < 4.78 is 8.05. The predicted octanol–water partition coefficient (Wildman–Crippen LogP) is 2.76. The van der Waals surface area contributed by atoms with Gasteiger partial charge in [-0.1, -0.05) is 12.1 Å². The number of rotatable bonds is 9. The quantitative estimate of drug-likeness (QED) is 0.225. The fraction of sp³-hybridized carbons (Fsp3) is 0.276. The Bertz CT molecular complexity index is 1480. The van der Waals surface area contributed by atoms with Gasteiger partial charge >= 0.3 is 187 Å². The predicted molar refractivity (Wildman–Crippen MR) is 147 cm³/mol. The van der Waals surface area contributed by atoms with Gasteiger partial charge in [0.05, 0.1) is 11.6 Å². The van der Waals surface area contributed by atoms with Crippen LogP contribution in [0.3, 0.4) is 0 Å². The molecular weight excluding hydrogens is 543 g/mol. The van der Waals surface area contributed by atoms with Crippen molar-refractivity contribution in [3.8, 4) is 28.7 Å². The van der Waals surface area contributed by atoms with E-state index < -0.39 is 0 Å². The summed E-state index contributed by atoms with van der Waals surface area (Å²) >= 11 is 0.358. The fourth-order valence-corrected chi connectivity index (χ4v) is 5.89. The summed E-state index contributed by atoms with van der Waals surface area (Å²) in [5.74, 6) is 0.669. The molecule has 0 N–H and O–H groups in total. The van der Waals surface area contributed by atoms with Gasteiger partial charge < -0.3 is 0 Å². The van der Waals surface area contributed by atoms with Crippen molar-refractivity contribution in [2.24, 2.45) is 0 Å². The number of nitriles is 1. The largest absolute Gasteiger partial charge is 0.0349 e. The Morgan fingerprint density at radius 1 is 0.974 bits per heavy atom. The first kappa shape index (κ1) is 26.0. The Kier molecular flexibility index (Phi) is 8.69. The number of ether oxygens (including phenoxy) is 1. The molecule has 8 nitrogen and oxygen atoms in total. The molecule has 0 spiro atoms. The minimum Gasteiger partial charge on any atom is -0.0349 e. The molecule has 1 saturated heterocycles. The standard InChI is InChI=1S/C29H28N6O2Se/c30-18-22-4-1-6-24(16-22)27-8-9-28(36)35(33-27)21-23-5-2-7-25(17-23)29-31-19-26(20-32-29)38-15-3-10-34-11-13-37-14-12-34/h1-2,4-9,16-17,19-20H,3,10-15,21H2. The minimum absolute atomic E-state index is 0.188. The van der Waals surface area contributed by atoms with Gasteiger partial charge in [0, 0.05) is 0 Å². The minimum atomic E-state index is -0.188. The molecule has 192 valence electrons. The average Bonchev–Trinajstić information content (AvgIpc) is 2.97. The Morgan fingerprint density at radius 2 is 1.76 bits per heavy atom. The van der Waals surface area contributed by atoms with Gasteiger partial charge in [0.15, 0.2) is 0 Å². The summed E-state index contributed by atoms with van der Waals surface area (Å²) in [4.78, 5) is 24.2. The van der Waals surface area contributed by atoms with Gasteiger partial charge in [-0.05, 0) is 12.1 Å². The molecule has 1 aliphatic rings. The van der Waals surface area contributed by atoms with Crippen LogP contribution >= 0.6 is 0 Å². The molecule has 0 amide bonds. The van der Waals surface area contributed by atoms with E-state index in [9.17, 15) is 10.1 Å². The molecule has 0 saturated carbocycles. The number of morpholine rings is 1. The van der Waals surface area contributed by atoms with Crippen LogP contribution in [-0.2, 0) is 11.3 Å². The Morgan fingerprint density at radius 3 is 2.58 bits per heavy atom.